The molecule has 2 heteroatoms. The smallest absolute Gasteiger partial charge is 0.201 e. The summed E-state index contributed by atoms with van der Waals surface area (Å²) in [5, 5.41) is 0. The Kier molecular flexibility index (Phi) is 3.13. The third kappa shape index (κ3) is 1.79. The van der Waals surface area contributed by atoms with Crippen LogP contribution in [0.5, 0.6) is 0 Å². The molecule has 0 radical (unpaired) electrons. The maximum Gasteiger partial charge on any atom is 0.201 e. The van der Waals surface area contributed by atoms with Crippen molar-refractivity contribution in [2.75, 3.05) is 14.2 Å². The van der Waals surface area contributed by atoms with E-state index < -0.39 is 5.79 Å². The van der Waals surface area contributed by atoms with E-state index in [-0.39, 0.29) is 5.92 Å². The van der Waals surface area contributed by atoms with E-state index in [0.29, 0.717) is 0 Å². The first-order valence-corrected chi connectivity index (χ1v) is 6.55. The first-order chi connectivity index (χ1) is 9.31. The van der Waals surface area contributed by atoms with Crippen LogP contribution in [0, 0.1) is 0 Å². The molecule has 0 heterocycles. The summed E-state index contributed by atoms with van der Waals surface area (Å²) in [4.78, 5) is 0. The maximum absolute atomic E-state index is 5.82. The van der Waals surface area contributed by atoms with Gasteiger partial charge in [-0.3, -0.25) is 0 Å². The second-order valence-corrected chi connectivity index (χ2v) is 4.90. The Morgan fingerprint density at radius 1 is 0.895 bits per heavy atom. The van der Waals surface area contributed by atoms with Crippen molar-refractivity contribution in [3.8, 4) is 0 Å². The van der Waals surface area contributed by atoms with Crippen molar-refractivity contribution in [3.63, 3.8) is 0 Å². The van der Waals surface area contributed by atoms with Crippen LogP contribution in [0.4, 0.5) is 0 Å². The molecular formula is C17H18O2. The van der Waals surface area contributed by atoms with Gasteiger partial charge in [0.25, 0.3) is 0 Å². The average molecular weight is 254 g/mol. The summed E-state index contributed by atoms with van der Waals surface area (Å²) in [6.45, 7) is 0. The minimum absolute atomic E-state index is 0.195. The fraction of sp³-hybridized carbons (Fsp3) is 0.294. The number of hydrogen-bond donors (Lipinski definition) is 0. The zero-order chi connectivity index (χ0) is 13.3. The summed E-state index contributed by atoms with van der Waals surface area (Å²) >= 11 is 0. The van der Waals surface area contributed by atoms with Gasteiger partial charge < -0.3 is 9.47 Å². The number of methoxy groups -OCH3 is 2. The Bertz CT molecular complexity index is 558. The van der Waals surface area contributed by atoms with Gasteiger partial charge in [-0.2, -0.15) is 0 Å². The van der Waals surface area contributed by atoms with Crippen molar-refractivity contribution < 1.29 is 9.47 Å². The molecular weight excluding hydrogens is 236 g/mol. The SMILES string of the molecule is COC1(OC)c2ccccc2CC1c1ccccc1. The molecule has 19 heavy (non-hydrogen) atoms. The van der Waals surface area contributed by atoms with E-state index >= 15 is 0 Å². The minimum Gasteiger partial charge on any atom is -0.349 e. The Morgan fingerprint density at radius 3 is 2.21 bits per heavy atom. The Labute approximate surface area is 114 Å². The van der Waals surface area contributed by atoms with E-state index in [1.54, 1.807) is 14.2 Å². The highest BCUT2D eigenvalue weighted by atomic mass is 16.7. The van der Waals surface area contributed by atoms with Gasteiger partial charge in [0, 0.05) is 25.7 Å². The third-order valence-corrected chi connectivity index (χ3v) is 4.08. The molecule has 0 aliphatic heterocycles. The molecule has 0 N–H and O–H groups in total. The Hall–Kier alpha value is -1.64. The van der Waals surface area contributed by atoms with Crippen LogP contribution < -0.4 is 0 Å². The summed E-state index contributed by atoms with van der Waals surface area (Å²) in [7, 11) is 3.45. The van der Waals surface area contributed by atoms with Gasteiger partial charge in [-0.05, 0) is 17.5 Å². The van der Waals surface area contributed by atoms with Crippen LogP contribution in [0.1, 0.15) is 22.6 Å². The van der Waals surface area contributed by atoms with E-state index in [1.165, 1.54) is 11.1 Å². The molecule has 0 fully saturated rings. The van der Waals surface area contributed by atoms with Gasteiger partial charge >= 0.3 is 0 Å². The Balaban J connectivity index is 2.13. The molecule has 2 aromatic rings. The minimum atomic E-state index is -0.669. The molecule has 0 saturated heterocycles. The molecule has 0 bridgehead atoms. The van der Waals surface area contributed by atoms with E-state index in [1.807, 2.05) is 12.1 Å². The number of benzene rings is 2. The van der Waals surface area contributed by atoms with Gasteiger partial charge in [-0.1, -0.05) is 54.6 Å². The monoisotopic (exact) mass is 254 g/mol. The topological polar surface area (TPSA) is 18.5 Å². The molecule has 0 aromatic heterocycles. The predicted molar refractivity (Wildman–Crippen MR) is 75.0 cm³/mol. The van der Waals surface area contributed by atoms with Crippen LogP contribution in [0.25, 0.3) is 0 Å². The van der Waals surface area contributed by atoms with Crippen LogP contribution in [0.3, 0.4) is 0 Å². The van der Waals surface area contributed by atoms with Gasteiger partial charge in [-0.25, -0.2) is 0 Å². The molecule has 2 aromatic carbocycles. The lowest BCUT2D eigenvalue weighted by atomic mass is 9.91. The van der Waals surface area contributed by atoms with Crippen molar-refractivity contribution in [2.45, 2.75) is 18.1 Å². The van der Waals surface area contributed by atoms with Crippen LogP contribution in [-0.2, 0) is 21.7 Å². The predicted octanol–water partition coefficient (Wildman–Crippen LogP) is 3.47. The first-order valence-electron chi connectivity index (χ1n) is 6.55. The van der Waals surface area contributed by atoms with Crippen molar-refractivity contribution in [2.24, 2.45) is 0 Å². The van der Waals surface area contributed by atoms with Gasteiger partial charge in [0.05, 0.1) is 0 Å². The number of ether oxygens (including phenoxy) is 2. The number of fused-ring (bicyclic) bond motifs is 1. The van der Waals surface area contributed by atoms with Crippen LogP contribution in [-0.4, -0.2) is 14.2 Å². The van der Waals surface area contributed by atoms with Crippen molar-refractivity contribution >= 4 is 0 Å². The summed E-state index contributed by atoms with van der Waals surface area (Å²) in [5.74, 6) is -0.473. The summed E-state index contributed by atoms with van der Waals surface area (Å²) in [6, 6.07) is 18.8. The molecule has 2 nitrogen and oxygen atoms in total. The van der Waals surface area contributed by atoms with Gasteiger partial charge in [-0.15, -0.1) is 0 Å². The lowest BCUT2D eigenvalue weighted by molar-refractivity contribution is -0.225. The molecule has 1 unspecified atom stereocenters. The van der Waals surface area contributed by atoms with Crippen molar-refractivity contribution in [1.29, 1.82) is 0 Å². The van der Waals surface area contributed by atoms with Crippen molar-refractivity contribution in [1.82, 2.24) is 0 Å². The molecule has 0 amide bonds. The molecule has 1 aliphatic carbocycles. The van der Waals surface area contributed by atoms with Crippen LogP contribution in [0.2, 0.25) is 0 Å². The second-order valence-electron chi connectivity index (χ2n) is 4.90. The van der Waals surface area contributed by atoms with Crippen LogP contribution in [0.15, 0.2) is 54.6 Å². The lowest BCUT2D eigenvalue weighted by Gasteiger charge is -2.34. The zero-order valence-corrected chi connectivity index (χ0v) is 11.3. The normalized spacial score (nSPS) is 20.2. The van der Waals surface area contributed by atoms with E-state index in [9.17, 15) is 0 Å². The quantitative estimate of drug-likeness (QED) is 0.781. The molecule has 98 valence electrons. The molecule has 0 saturated carbocycles. The van der Waals surface area contributed by atoms with Gasteiger partial charge in [0.15, 0.2) is 0 Å². The third-order valence-electron chi connectivity index (χ3n) is 4.08. The van der Waals surface area contributed by atoms with Gasteiger partial charge in [0.2, 0.25) is 5.79 Å². The zero-order valence-electron chi connectivity index (χ0n) is 11.3. The highest BCUT2D eigenvalue weighted by molar-refractivity contribution is 5.42. The average Bonchev–Trinajstić information content (AvgIpc) is 2.83. The molecule has 3 rings (SSSR count). The lowest BCUT2D eigenvalue weighted by Crippen LogP contribution is -2.34. The largest absolute Gasteiger partial charge is 0.349 e. The van der Waals surface area contributed by atoms with Crippen molar-refractivity contribution in [3.05, 3.63) is 71.3 Å². The number of hydrogen-bond acceptors (Lipinski definition) is 2. The highest BCUT2D eigenvalue weighted by Crippen LogP contribution is 2.49. The summed E-state index contributed by atoms with van der Waals surface area (Å²) in [5.41, 5.74) is 3.70. The van der Waals surface area contributed by atoms with E-state index in [4.69, 9.17) is 9.47 Å². The standard InChI is InChI=1S/C17H18O2/c1-18-17(19-2)15-11-7-6-10-14(15)12-16(17)13-8-4-3-5-9-13/h3-11,16H,12H2,1-2H3. The first kappa shape index (κ1) is 12.4. The maximum atomic E-state index is 5.82. The van der Waals surface area contributed by atoms with Gasteiger partial charge in [0.1, 0.15) is 0 Å². The molecule has 0 spiro atoms. The summed E-state index contributed by atoms with van der Waals surface area (Å²) < 4.78 is 11.6. The van der Waals surface area contributed by atoms with Crippen LogP contribution >= 0.6 is 0 Å². The molecule has 1 atom stereocenters. The van der Waals surface area contributed by atoms with E-state index in [0.717, 1.165) is 12.0 Å². The summed E-state index contributed by atoms with van der Waals surface area (Å²) in [6.07, 6.45) is 0.946. The van der Waals surface area contributed by atoms with E-state index in [2.05, 4.69) is 42.5 Å². The molecule has 1 aliphatic rings. The second kappa shape index (κ2) is 4.80. The highest BCUT2D eigenvalue weighted by Gasteiger charge is 2.48. The fourth-order valence-corrected chi connectivity index (χ4v) is 3.19. The Morgan fingerprint density at radius 2 is 1.53 bits per heavy atom. The number of rotatable bonds is 3. The fourth-order valence-electron chi connectivity index (χ4n) is 3.19.